The van der Waals surface area contributed by atoms with Crippen molar-refractivity contribution in [2.75, 3.05) is 5.32 Å². The molecule has 1 aromatic carbocycles. The Morgan fingerprint density at radius 2 is 2.20 bits per heavy atom. The molecule has 0 aliphatic rings. The maximum atomic E-state index is 12.0. The predicted molar refractivity (Wildman–Crippen MR) is 79.6 cm³/mol. The number of nitrogens with zero attached hydrogens (tertiary/aromatic N) is 1. The summed E-state index contributed by atoms with van der Waals surface area (Å²) in [5.41, 5.74) is 7.18. The average Bonchev–Trinajstić information content (AvgIpc) is 2.82. The molecule has 0 aliphatic carbocycles. The van der Waals surface area contributed by atoms with Gasteiger partial charge in [0.25, 0.3) is 0 Å². The zero-order chi connectivity index (χ0) is 14.9. The van der Waals surface area contributed by atoms with Crippen LogP contribution >= 0.6 is 0 Å². The number of benzene rings is 1. The van der Waals surface area contributed by atoms with E-state index in [1.807, 2.05) is 26.8 Å². The normalized spacial score (nSPS) is 14.5. The molecule has 0 bridgehead atoms. The SMILES string of the molecule is CCC(C)(N)C(=O)Nc1ccc2oc(C(C)C)nc2c1. The Kier molecular flexibility index (Phi) is 3.81. The molecule has 0 fully saturated rings. The lowest BCUT2D eigenvalue weighted by Crippen LogP contribution is -2.47. The summed E-state index contributed by atoms with van der Waals surface area (Å²) in [6, 6.07) is 5.40. The first-order chi connectivity index (χ1) is 9.33. The van der Waals surface area contributed by atoms with Gasteiger partial charge in [-0.3, -0.25) is 4.79 Å². The topological polar surface area (TPSA) is 81.2 Å². The Labute approximate surface area is 118 Å². The average molecular weight is 275 g/mol. The van der Waals surface area contributed by atoms with Gasteiger partial charge in [-0.05, 0) is 31.5 Å². The number of rotatable bonds is 4. The predicted octanol–water partition coefficient (Wildman–Crippen LogP) is 3.02. The lowest BCUT2D eigenvalue weighted by molar-refractivity contribution is -0.120. The lowest BCUT2D eigenvalue weighted by atomic mass is 9.99. The summed E-state index contributed by atoms with van der Waals surface area (Å²) in [6.45, 7) is 7.65. The number of carbonyl (C=O) groups excluding carboxylic acids is 1. The summed E-state index contributed by atoms with van der Waals surface area (Å²) in [4.78, 5) is 16.4. The number of fused-ring (bicyclic) bond motifs is 1. The van der Waals surface area contributed by atoms with Crippen molar-refractivity contribution in [2.24, 2.45) is 5.73 Å². The number of oxazole rings is 1. The van der Waals surface area contributed by atoms with E-state index in [-0.39, 0.29) is 11.8 Å². The molecule has 0 radical (unpaired) electrons. The first kappa shape index (κ1) is 14.5. The molecule has 20 heavy (non-hydrogen) atoms. The van der Waals surface area contributed by atoms with Gasteiger partial charge >= 0.3 is 0 Å². The minimum atomic E-state index is -0.873. The Morgan fingerprint density at radius 1 is 1.50 bits per heavy atom. The van der Waals surface area contributed by atoms with Gasteiger partial charge in [-0.25, -0.2) is 4.98 Å². The van der Waals surface area contributed by atoms with Crippen LogP contribution in [0.1, 0.15) is 45.9 Å². The maximum absolute atomic E-state index is 12.0. The molecule has 0 saturated carbocycles. The van der Waals surface area contributed by atoms with Crippen molar-refractivity contribution in [3.63, 3.8) is 0 Å². The van der Waals surface area contributed by atoms with Gasteiger partial charge < -0.3 is 15.5 Å². The van der Waals surface area contributed by atoms with Crippen molar-refractivity contribution in [2.45, 2.75) is 45.6 Å². The van der Waals surface area contributed by atoms with Gasteiger partial charge in [0.1, 0.15) is 5.52 Å². The van der Waals surface area contributed by atoms with Gasteiger partial charge in [0.15, 0.2) is 11.5 Å². The molecule has 1 heterocycles. The Bertz CT molecular complexity index is 629. The number of nitrogens with one attached hydrogen (secondary N) is 1. The summed E-state index contributed by atoms with van der Waals surface area (Å²) in [6.07, 6.45) is 0.572. The highest BCUT2D eigenvalue weighted by molar-refractivity contribution is 5.98. The standard InChI is InChI=1S/C15H21N3O2/c1-5-15(4,16)14(19)17-10-6-7-12-11(8-10)18-13(20-12)9(2)3/h6-9H,5,16H2,1-4H3,(H,17,19). The van der Waals surface area contributed by atoms with Crippen LogP contribution in [0, 0.1) is 0 Å². The van der Waals surface area contributed by atoms with Crippen LogP contribution in [0.5, 0.6) is 0 Å². The van der Waals surface area contributed by atoms with E-state index in [1.165, 1.54) is 0 Å². The third-order valence-corrected chi connectivity index (χ3v) is 3.41. The van der Waals surface area contributed by atoms with Crippen molar-refractivity contribution in [3.05, 3.63) is 24.1 Å². The fourth-order valence-electron chi connectivity index (χ4n) is 1.70. The number of nitrogens with two attached hydrogens (primary N) is 1. The fraction of sp³-hybridized carbons (Fsp3) is 0.467. The molecule has 5 nitrogen and oxygen atoms in total. The van der Waals surface area contributed by atoms with Crippen LogP contribution in [-0.4, -0.2) is 16.4 Å². The van der Waals surface area contributed by atoms with Gasteiger partial charge in [0.05, 0.1) is 5.54 Å². The summed E-state index contributed by atoms with van der Waals surface area (Å²) >= 11 is 0. The summed E-state index contributed by atoms with van der Waals surface area (Å²) in [5, 5.41) is 2.82. The van der Waals surface area contributed by atoms with Gasteiger partial charge in [-0.1, -0.05) is 20.8 Å². The fourth-order valence-corrected chi connectivity index (χ4v) is 1.70. The van der Waals surface area contributed by atoms with Crippen molar-refractivity contribution < 1.29 is 9.21 Å². The molecule has 2 rings (SSSR count). The zero-order valence-electron chi connectivity index (χ0n) is 12.4. The van der Waals surface area contributed by atoms with E-state index < -0.39 is 5.54 Å². The van der Waals surface area contributed by atoms with E-state index >= 15 is 0 Å². The van der Waals surface area contributed by atoms with Gasteiger partial charge in [-0.2, -0.15) is 0 Å². The highest BCUT2D eigenvalue weighted by Crippen LogP contribution is 2.24. The van der Waals surface area contributed by atoms with E-state index in [1.54, 1.807) is 19.1 Å². The van der Waals surface area contributed by atoms with Crippen molar-refractivity contribution in [3.8, 4) is 0 Å². The molecule has 1 amide bonds. The third-order valence-electron chi connectivity index (χ3n) is 3.41. The first-order valence-corrected chi connectivity index (χ1v) is 6.84. The molecule has 1 aromatic heterocycles. The van der Waals surface area contributed by atoms with Crippen LogP contribution in [0.2, 0.25) is 0 Å². The second-order valence-electron chi connectivity index (χ2n) is 5.61. The summed E-state index contributed by atoms with van der Waals surface area (Å²) in [5.74, 6) is 0.723. The number of aromatic nitrogens is 1. The molecular weight excluding hydrogens is 254 g/mol. The second kappa shape index (κ2) is 5.25. The molecule has 1 unspecified atom stereocenters. The molecule has 5 heteroatoms. The van der Waals surface area contributed by atoms with E-state index in [9.17, 15) is 4.79 Å². The summed E-state index contributed by atoms with van der Waals surface area (Å²) < 4.78 is 5.63. The molecular formula is C15H21N3O2. The largest absolute Gasteiger partial charge is 0.440 e. The zero-order valence-corrected chi connectivity index (χ0v) is 12.4. The minimum absolute atomic E-state index is 0.202. The molecule has 0 spiro atoms. The van der Waals surface area contributed by atoms with Crippen LogP contribution in [0.4, 0.5) is 5.69 Å². The third kappa shape index (κ3) is 2.82. The Morgan fingerprint density at radius 3 is 2.80 bits per heavy atom. The van der Waals surface area contributed by atoms with Gasteiger partial charge in [0, 0.05) is 11.6 Å². The van der Waals surface area contributed by atoms with E-state index in [2.05, 4.69) is 10.3 Å². The number of hydrogen-bond acceptors (Lipinski definition) is 4. The smallest absolute Gasteiger partial charge is 0.244 e. The van der Waals surface area contributed by atoms with Gasteiger partial charge in [-0.15, -0.1) is 0 Å². The number of hydrogen-bond donors (Lipinski definition) is 2. The van der Waals surface area contributed by atoms with Crippen LogP contribution < -0.4 is 11.1 Å². The number of carbonyl (C=O) groups is 1. The molecule has 3 N–H and O–H groups in total. The summed E-state index contributed by atoms with van der Waals surface area (Å²) in [7, 11) is 0. The van der Waals surface area contributed by atoms with E-state index in [0.717, 1.165) is 11.1 Å². The molecule has 1 atom stereocenters. The van der Waals surface area contributed by atoms with Crippen molar-refractivity contribution in [1.29, 1.82) is 0 Å². The van der Waals surface area contributed by atoms with Crippen molar-refractivity contribution >= 4 is 22.7 Å². The monoisotopic (exact) mass is 275 g/mol. The first-order valence-electron chi connectivity index (χ1n) is 6.84. The van der Waals surface area contributed by atoms with Crippen LogP contribution in [0.3, 0.4) is 0 Å². The molecule has 0 aliphatic heterocycles. The van der Waals surface area contributed by atoms with Crippen LogP contribution in [0.25, 0.3) is 11.1 Å². The van der Waals surface area contributed by atoms with Gasteiger partial charge in [0.2, 0.25) is 5.91 Å². The highest BCUT2D eigenvalue weighted by Gasteiger charge is 2.26. The quantitative estimate of drug-likeness (QED) is 0.898. The Balaban J connectivity index is 2.26. The Hall–Kier alpha value is -1.88. The van der Waals surface area contributed by atoms with E-state index in [0.29, 0.717) is 18.0 Å². The van der Waals surface area contributed by atoms with E-state index in [4.69, 9.17) is 10.2 Å². The molecule has 0 saturated heterocycles. The lowest BCUT2D eigenvalue weighted by Gasteiger charge is -2.21. The molecule has 2 aromatic rings. The number of amides is 1. The number of anilines is 1. The van der Waals surface area contributed by atoms with Crippen LogP contribution in [-0.2, 0) is 4.79 Å². The highest BCUT2D eigenvalue weighted by atomic mass is 16.3. The maximum Gasteiger partial charge on any atom is 0.244 e. The minimum Gasteiger partial charge on any atom is -0.440 e. The van der Waals surface area contributed by atoms with Crippen molar-refractivity contribution in [1.82, 2.24) is 4.98 Å². The molecule has 108 valence electrons. The second-order valence-corrected chi connectivity index (χ2v) is 5.61. The van der Waals surface area contributed by atoms with Crippen LogP contribution in [0.15, 0.2) is 22.6 Å².